The molecule has 0 spiro atoms. The average Bonchev–Trinajstić information content (AvgIpc) is 3.69. The van der Waals surface area contributed by atoms with Crippen molar-refractivity contribution in [2.75, 3.05) is 13.1 Å². The highest BCUT2D eigenvalue weighted by atomic mass is 16.2. The summed E-state index contributed by atoms with van der Waals surface area (Å²) in [7, 11) is 0. The van der Waals surface area contributed by atoms with Crippen molar-refractivity contribution in [3.63, 3.8) is 0 Å². The Bertz CT molecular complexity index is 1540. The fourth-order valence-corrected chi connectivity index (χ4v) is 6.01. The molecule has 2 saturated heterocycles. The zero-order chi connectivity index (χ0) is 28.0. The molecule has 2 aromatic heterocycles. The Hall–Kier alpha value is -4.33. The van der Waals surface area contributed by atoms with Crippen LogP contribution in [0.1, 0.15) is 54.6 Å². The Labute approximate surface area is 233 Å². The molecular formula is C32H33N5O3. The number of hydrogen-bond donors (Lipinski definition) is 1. The molecule has 2 amide bonds. The number of carbonyl (C=O) groups is 3. The third kappa shape index (κ3) is 4.78. The molecule has 3 atom stereocenters. The highest BCUT2D eigenvalue weighted by Crippen LogP contribution is 2.38. The van der Waals surface area contributed by atoms with E-state index in [4.69, 9.17) is 0 Å². The van der Waals surface area contributed by atoms with Crippen LogP contribution in [0, 0.1) is 11.3 Å². The molecule has 6 rings (SSSR count). The first-order valence-corrected chi connectivity index (χ1v) is 13.8. The SMILES string of the molecule is CC(C)(C)[C@H](CC(=O)c1cc2ccccc2[nH]1)C(=O)N1C[C@@H]2C[C@H]1CN2C(=O)c1cnc(-c2ccccc2)cn1. The lowest BCUT2D eigenvalue weighted by molar-refractivity contribution is -0.141. The van der Waals surface area contributed by atoms with Gasteiger partial charge in [0.25, 0.3) is 5.91 Å². The molecule has 40 heavy (non-hydrogen) atoms. The number of nitrogens with zero attached hydrogens (tertiary/aromatic N) is 4. The standard InChI is InChI=1S/C32H33N5O3/c1-32(2,3)24(15-29(38)26-13-21-11-7-8-12-25(21)35-26)30(39)36-18-23-14-22(36)19-37(23)31(40)28-17-33-27(16-34-28)20-9-5-4-6-10-20/h4-13,16-17,22-24,35H,14-15,18-19H2,1-3H3/t22-,23-,24+/m0/s1. The number of likely N-dealkylation sites (tertiary alicyclic amines) is 2. The molecule has 2 aliphatic rings. The van der Waals surface area contributed by atoms with E-state index >= 15 is 0 Å². The van der Waals surface area contributed by atoms with Gasteiger partial charge < -0.3 is 14.8 Å². The van der Waals surface area contributed by atoms with Gasteiger partial charge in [0.2, 0.25) is 5.91 Å². The van der Waals surface area contributed by atoms with Crippen molar-refractivity contribution in [2.24, 2.45) is 11.3 Å². The van der Waals surface area contributed by atoms with Gasteiger partial charge in [-0.15, -0.1) is 0 Å². The van der Waals surface area contributed by atoms with Crippen molar-refractivity contribution < 1.29 is 14.4 Å². The monoisotopic (exact) mass is 535 g/mol. The Morgan fingerprint density at radius 2 is 1.62 bits per heavy atom. The van der Waals surface area contributed by atoms with Crippen LogP contribution in [0.5, 0.6) is 0 Å². The lowest BCUT2D eigenvalue weighted by atomic mass is 9.76. The number of benzene rings is 2. The molecule has 0 aliphatic carbocycles. The largest absolute Gasteiger partial charge is 0.352 e. The topological polar surface area (TPSA) is 99.3 Å². The number of aromatic amines is 1. The van der Waals surface area contributed by atoms with Gasteiger partial charge in [-0.2, -0.15) is 0 Å². The first kappa shape index (κ1) is 25.9. The maximum absolute atomic E-state index is 13.9. The second-order valence-corrected chi connectivity index (χ2v) is 12.0. The number of ketones is 1. The summed E-state index contributed by atoms with van der Waals surface area (Å²) >= 11 is 0. The molecule has 204 valence electrons. The van der Waals surface area contributed by atoms with Crippen LogP contribution in [0.2, 0.25) is 0 Å². The fraction of sp³-hybridized carbons (Fsp3) is 0.344. The average molecular weight is 536 g/mol. The zero-order valence-corrected chi connectivity index (χ0v) is 23.0. The summed E-state index contributed by atoms with van der Waals surface area (Å²) in [5.41, 5.74) is 3.01. The van der Waals surface area contributed by atoms with E-state index < -0.39 is 11.3 Å². The minimum Gasteiger partial charge on any atom is -0.352 e. The number of para-hydroxylation sites is 1. The van der Waals surface area contributed by atoms with Crippen LogP contribution in [0.25, 0.3) is 22.2 Å². The molecule has 2 aromatic carbocycles. The van der Waals surface area contributed by atoms with Crippen molar-refractivity contribution >= 4 is 28.5 Å². The third-order valence-corrected chi connectivity index (χ3v) is 8.29. The lowest BCUT2D eigenvalue weighted by Gasteiger charge is -2.39. The van der Waals surface area contributed by atoms with Crippen LogP contribution in [0.4, 0.5) is 0 Å². The van der Waals surface area contributed by atoms with Gasteiger partial charge in [-0.25, -0.2) is 4.98 Å². The van der Waals surface area contributed by atoms with Crippen molar-refractivity contribution in [3.8, 4) is 11.3 Å². The second-order valence-electron chi connectivity index (χ2n) is 12.0. The summed E-state index contributed by atoms with van der Waals surface area (Å²) < 4.78 is 0. The Kier molecular flexibility index (Phi) is 6.49. The number of Topliss-reactive ketones (excluding diaryl/α,β-unsaturated/α-hetero) is 1. The number of hydrogen-bond acceptors (Lipinski definition) is 5. The van der Waals surface area contributed by atoms with Gasteiger partial charge in [0.1, 0.15) is 5.69 Å². The molecular weight excluding hydrogens is 502 g/mol. The molecule has 0 saturated carbocycles. The Morgan fingerprint density at radius 3 is 2.27 bits per heavy atom. The first-order valence-electron chi connectivity index (χ1n) is 13.8. The van der Waals surface area contributed by atoms with E-state index in [1.54, 1.807) is 6.20 Å². The number of H-pyrrole nitrogens is 1. The minimum absolute atomic E-state index is 0.0106. The summed E-state index contributed by atoms with van der Waals surface area (Å²) in [6.07, 6.45) is 4.03. The van der Waals surface area contributed by atoms with Crippen LogP contribution in [0.15, 0.2) is 73.1 Å². The van der Waals surface area contributed by atoms with E-state index in [0.29, 0.717) is 30.2 Å². The molecule has 8 heteroatoms. The fourth-order valence-electron chi connectivity index (χ4n) is 6.01. The van der Waals surface area contributed by atoms with E-state index in [9.17, 15) is 14.4 Å². The maximum atomic E-state index is 13.9. The van der Waals surface area contributed by atoms with Crippen LogP contribution < -0.4 is 0 Å². The summed E-state index contributed by atoms with van der Waals surface area (Å²) in [4.78, 5) is 56.3. The molecule has 4 heterocycles. The van der Waals surface area contributed by atoms with Crippen molar-refractivity contribution in [1.29, 1.82) is 0 Å². The van der Waals surface area contributed by atoms with Crippen molar-refractivity contribution in [3.05, 3.63) is 84.4 Å². The number of aromatic nitrogens is 3. The summed E-state index contributed by atoms with van der Waals surface area (Å²) in [5.74, 6) is -0.703. The summed E-state index contributed by atoms with van der Waals surface area (Å²) in [6, 6.07) is 19.2. The van der Waals surface area contributed by atoms with Crippen molar-refractivity contribution in [1.82, 2.24) is 24.8 Å². The van der Waals surface area contributed by atoms with E-state index in [2.05, 4.69) is 15.0 Å². The molecule has 2 fully saturated rings. The summed E-state index contributed by atoms with van der Waals surface area (Å²) in [6.45, 7) is 6.96. The molecule has 1 N–H and O–H groups in total. The van der Waals surface area contributed by atoms with Gasteiger partial charge in [0.05, 0.1) is 41.8 Å². The quantitative estimate of drug-likeness (QED) is 0.351. The van der Waals surface area contributed by atoms with E-state index in [-0.39, 0.29) is 36.1 Å². The van der Waals surface area contributed by atoms with E-state index in [1.165, 1.54) is 6.20 Å². The van der Waals surface area contributed by atoms with Gasteiger partial charge >= 0.3 is 0 Å². The highest BCUT2D eigenvalue weighted by Gasteiger charge is 2.50. The first-order chi connectivity index (χ1) is 19.2. The molecule has 2 bridgehead atoms. The molecule has 0 unspecified atom stereocenters. The number of nitrogens with one attached hydrogen (secondary N) is 1. The number of rotatable bonds is 6. The second kappa shape index (κ2) is 10.0. The van der Waals surface area contributed by atoms with Crippen LogP contribution in [-0.4, -0.2) is 67.5 Å². The van der Waals surface area contributed by atoms with E-state index in [1.807, 2.05) is 91.2 Å². The zero-order valence-electron chi connectivity index (χ0n) is 23.0. The molecule has 0 radical (unpaired) electrons. The van der Waals surface area contributed by atoms with Crippen LogP contribution >= 0.6 is 0 Å². The lowest BCUT2D eigenvalue weighted by Crippen LogP contribution is -2.53. The molecule has 8 nitrogen and oxygen atoms in total. The number of piperazine rings is 1. The minimum atomic E-state index is -0.466. The maximum Gasteiger partial charge on any atom is 0.274 e. The highest BCUT2D eigenvalue weighted by molar-refractivity contribution is 6.01. The number of carbonyl (C=O) groups excluding carboxylic acids is 3. The van der Waals surface area contributed by atoms with Gasteiger partial charge in [-0.1, -0.05) is 69.3 Å². The van der Waals surface area contributed by atoms with Crippen LogP contribution in [0.3, 0.4) is 0 Å². The van der Waals surface area contributed by atoms with Gasteiger partial charge in [-0.05, 0) is 24.0 Å². The molecule has 2 aliphatic heterocycles. The Balaban J connectivity index is 1.13. The normalized spacial score (nSPS) is 19.3. The van der Waals surface area contributed by atoms with Gasteiger partial charge in [-0.3, -0.25) is 19.4 Å². The number of amides is 2. The third-order valence-electron chi connectivity index (χ3n) is 8.29. The predicted octanol–water partition coefficient (Wildman–Crippen LogP) is 4.99. The molecule has 4 aromatic rings. The van der Waals surface area contributed by atoms with Gasteiger partial charge in [0.15, 0.2) is 5.78 Å². The smallest absolute Gasteiger partial charge is 0.274 e. The Morgan fingerprint density at radius 1 is 0.925 bits per heavy atom. The number of fused-ring (bicyclic) bond motifs is 3. The van der Waals surface area contributed by atoms with Crippen molar-refractivity contribution in [2.45, 2.75) is 45.7 Å². The van der Waals surface area contributed by atoms with Crippen LogP contribution in [-0.2, 0) is 4.79 Å². The van der Waals surface area contributed by atoms with Gasteiger partial charge in [0, 0.05) is 36.0 Å². The van der Waals surface area contributed by atoms with E-state index in [0.717, 1.165) is 22.9 Å². The predicted molar refractivity (Wildman–Crippen MR) is 153 cm³/mol. The summed E-state index contributed by atoms with van der Waals surface area (Å²) in [5, 5.41) is 0.977.